The highest BCUT2D eigenvalue weighted by atomic mass is 16.5. The quantitative estimate of drug-likeness (QED) is 0.491. The van der Waals surface area contributed by atoms with Crippen LogP contribution in [0.15, 0.2) is 53.5 Å². The number of hydrogen-bond donors (Lipinski definition) is 3. The predicted molar refractivity (Wildman–Crippen MR) is 108 cm³/mol. The number of guanidine groups is 1. The standard InChI is InChI=1S/C21H29N3O3/c1-5-22-21(24-15(2)16-9-7-6-8-10-16)23-14-19(25)18-13-17(26-3)11-12-20(18)27-4/h6-13,15,19,25H,5,14H2,1-4H3,(H2,22,23,24). The third-order valence-electron chi connectivity index (χ3n) is 4.22. The van der Waals surface area contributed by atoms with Gasteiger partial charge >= 0.3 is 0 Å². The summed E-state index contributed by atoms with van der Waals surface area (Å²) in [7, 11) is 3.17. The summed E-state index contributed by atoms with van der Waals surface area (Å²) in [6, 6.07) is 15.6. The highest BCUT2D eigenvalue weighted by molar-refractivity contribution is 5.80. The number of rotatable bonds is 8. The van der Waals surface area contributed by atoms with E-state index in [1.54, 1.807) is 32.4 Å². The first-order valence-electron chi connectivity index (χ1n) is 9.08. The highest BCUT2D eigenvalue weighted by Gasteiger charge is 2.15. The van der Waals surface area contributed by atoms with Gasteiger partial charge in [0.2, 0.25) is 0 Å². The van der Waals surface area contributed by atoms with Crippen LogP contribution in [0.25, 0.3) is 0 Å². The van der Waals surface area contributed by atoms with Crippen LogP contribution in [0.3, 0.4) is 0 Å². The van der Waals surface area contributed by atoms with Gasteiger partial charge < -0.3 is 25.2 Å². The maximum Gasteiger partial charge on any atom is 0.191 e. The van der Waals surface area contributed by atoms with Gasteiger partial charge in [-0.05, 0) is 37.6 Å². The summed E-state index contributed by atoms with van der Waals surface area (Å²) in [5, 5.41) is 17.2. The first-order valence-corrected chi connectivity index (χ1v) is 9.08. The van der Waals surface area contributed by atoms with Crippen LogP contribution < -0.4 is 20.1 Å². The molecule has 0 aromatic heterocycles. The van der Waals surface area contributed by atoms with Crippen molar-refractivity contribution in [3.05, 3.63) is 59.7 Å². The zero-order valence-electron chi connectivity index (χ0n) is 16.4. The van der Waals surface area contributed by atoms with E-state index in [9.17, 15) is 5.11 Å². The molecule has 27 heavy (non-hydrogen) atoms. The number of hydrogen-bond acceptors (Lipinski definition) is 4. The first-order chi connectivity index (χ1) is 13.1. The van der Waals surface area contributed by atoms with Gasteiger partial charge in [-0.25, -0.2) is 0 Å². The van der Waals surface area contributed by atoms with Crippen LogP contribution in [0.2, 0.25) is 0 Å². The van der Waals surface area contributed by atoms with Crippen molar-refractivity contribution in [2.75, 3.05) is 27.3 Å². The van der Waals surface area contributed by atoms with Crippen molar-refractivity contribution in [3.8, 4) is 11.5 Å². The van der Waals surface area contributed by atoms with E-state index in [0.29, 0.717) is 23.0 Å². The number of aliphatic imine (C=N–C) groups is 1. The Bertz CT molecular complexity index is 735. The van der Waals surface area contributed by atoms with Crippen molar-refractivity contribution < 1.29 is 14.6 Å². The number of nitrogens with zero attached hydrogens (tertiary/aromatic N) is 1. The Hall–Kier alpha value is -2.73. The molecule has 0 aliphatic rings. The molecule has 0 radical (unpaired) electrons. The fourth-order valence-electron chi connectivity index (χ4n) is 2.73. The molecular formula is C21H29N3O3. The van der Waals surface area contributed by atoms with Gasteiger partial charge in [-0.1, -0.05) is 30.3 Å². The molecule has 2 aromatic rings. The predicted octanol–water partition coefficient (Wildman–Crippen LogP) is 3.05. The lowest BCUT2D eigenvalue weighted by Gasteiger charge is -2.19. The molecular weight excluding hydrogens is 342 g/mol. The molecule has 0 bridgehead atoms. The van der Waals surface area contributed by atoms with Gasteiger partial charge in [0.15, 0.2) is 5.96 Å². The maximum absolute atomic E-state index is 10.6. The third kappa shape index (κ3) is 5.89. The van der Waals surface area contributed by atoms with E-state index in [4.69, 9.17) is 9.47 Å². The number of nitrogens with one attached hydrogen (secondary N) is 2. The first kappa shape index (κ1) is 20.6. The van der Waals surface area contributed by atoms with Crippen LogP contribution >= 0.6 is 0 Å². The third-order valence-corrected chi connectivity index (χ3v) is 4.22. The summed E-state index contributed by atoms with van der Waals surface area (Å²) in [4.78, 5) is 4.53. The molecule has 3 N–H and O–H groups in total. The highest BCUT2D eigenvalue weighted by Crippen LogP contribution is 2.29. The number of ether oxygens (including phenoxy) is 2. The minimum atomic E-state index is -0.808. The maximum atomic E-state index is 10.6. The van der Waals surface area contributed by atoms with E-state index < -0.39 is 6.10 Å². The summed E-state index contributed by atoms with van der Waals surface area (Å²) in [5.41, 5.74) is 1.81. The lowest BCUT2D eigenvalue weighted by molar-refractivity contribution is 0.182. The van der Waals surface area contributed by atoms with Gasteiger partial charge in [0.1, 0.15) is 17.6 Å². The molecule has 2 rings (SSSR count). The van der Waals surface area contributed by atoms with Gasteiger partial charge in [0, 0.05) is 12.1 Å². The largest absolute Gasteiger partial charge is 0.497 e. The van der Waals surface area contributed by atoms with Gasteiger partial charge in [-0.2, -0.15) is 0 Å². The van der Waals surface area contributed by atoms with E-state index in [1.807, 2.05) is 25.1 Å². The van der Waals surface area contributed by atoms with Gasteiger partial charge in [-0.15, -0.1) is 0 Å². The zero-order valence-corrected chi connectivity index (χ0v) is 16.4. The summed E-state index contributed by atoms with van der Waals surface area (Å²) in [6.45, 7) is 5.00. The molecule has 0 aliphatic heterocycles. The number of aliphatic hydroxyl groups is 1. The number of methoxy groups -OCH3 is 2. The van der Waals surface area contributed by atoms with E-state index in [-0.39, 0.29) is 12.6 Å². The van der Waals surface area contributed by atoms with Crippen molar-refractivity contribution in [2.24, 2.45) is 4.99 Å². The second-order valence-corrected chi connectivity index (χ2v) is 6.12. The lowest BCUT2D eigenvalue weighted by atomic mass is 10.1. The molecule has 2 aromatic carbocycles. The van der Waals surface area contributed by atoms with Crippen LogP contribution in [0.1, 0.15) is 37.1 Å². The molecule has 2 unspecified atom stereocenters. The Morgan fingerprint density at radius 1 is 1.11 bits per heavy atom. The van der Waals surface area contributed by atoms with Gasteiger partial charge in [-0.3, -0.25) is 4.99 Å². The van der Waals surface area contributed by atoms with E-state index in [1.165, 1.54) is 0 Å². The molecule has 2 atom stereocenters. The van der Waals surface area contributed by atoms with Crippen LogP contribution in [-0.2, 0) is 0 Å². The van der Waals surface area contributed by atoms with Crippen molar-refractivity contribution in [2.45, 2.75) is 26.0 Å². The molecule has 0 spiro atoms. The van der Waals surface area contributed by atoms with Gasteiger partial charge in [0.25, 0.3) is 0 Å². The van der Waals surface area contributed by atoms with Crippen molar-refractivity contribution in [1.29, 1.82) is 0 Å². The SMILES string of the molecule is CCNC(=NCC(O)c1cc(OC)ccc1OC)NC(C)c1ccccc1. The molecule has 146 valence electrons. The minimum Gasteiger partial charge on any atom is -0.497 e. The molecule has 6 heteroatoms. The smallest absolute Gasteiger partial charge is 0.191 e. The van der Waals surface area contributed by atoms with Crippen LogP contribution in [0, 0.1) is 0 Å². The summed E-state index contributed by atoms with van der Waals surface area (Å²) in [5.74, 6) is 1.92. The summed E-state index contributed by atoms with van der Waals surface area (Å²) in [6.07, 6.45) is -0.808. The molecule has 0 aliphatic carbocycles. The average molecular weight is 371 g/mol. The summed E-state index contributed by atoms with van der Waals surface area (Å²) >= 11 is 0. The molecule has 6 nitrogen and oxygen atoms in total. The van der Waals surface area contributed by atoms with Crippen LogP contribution in [-0.4, -0.2) is 38.4 Å². The zero-order chi connectivity index (χ0) is 19.6. The molecule has 0 amide bonds. The molecule has 0 heterocycles. The van der Waals surface area contributed by atoms with Crippen LogP contribution in [0.5, 0.6) is 11.5 Å². The molecule has 0 saturated heterocycles. The topological polar surface area (TPSA) is 75.1 Å². The summed E-state index contributed by atoms with van der Waals surface area (Å²) < 4.78 is 10.6. The van der Waals surface area contributed by atoms with E-state index in [2.05, 4.69) is 34.7 Å². The molecule has 0 fully saturated rings. The second-order valence-electron chi connectivity index (χ2n) is 6.12. The van der Waals surface area contributed by atoms with Crippen LogP contribution in [0.4, 0.5) is 0 Å². The fraction of sp³-hybridized carbons (Fsp3) is 0.381. The Balaban J connectivity index is 2.11. The molecule has 0 saturated carbocycles. The van der Waals surface area contributed by atoms with E-state index in [0.717, 1.165) is 12.1 Å². The number of aliphatic hydroxyl groups excluding tert-OH is 1. The van der Waals surface area contributed by atoms with Crippen molar-refractivity contribution >= 4 is 5.96 Å². The van der Waals surface area contributed by atoms with E-state index >= 15 is 0 Å². The average Bonchev–Trinajstić information content (AvgIpc) is 2.71. The Morgan fingerprint density at radius 2 is 1.85 bits per heavy atom. The second kappa shape index (κ2) is 10.4. The Kier molecular flexibility index (Phi) is 7.95. The Morgan fingerprint density at radius 3 is 2.48 bits per heavy atom. The lowest BCUT2D eigenvalue weighted by Crippen LogP contribution is -2.39. The van der Waals surface area contributed by atoms with Gasteiger partial charge in [0.05, 0.1) is 26.8 Å². The number of benzene rings is 2. The minimum absolute atomic E-state index is 0.0903. The van der Waals surface area contributed by atoms with Crippen molar-refractivity contribution in [1.82, 2.24) is 10.6 Å². The fourth-order valence-corrected chi connectivity index (χ4v) is 2.73. The Labute approximate surface area is 161 Å². The normalized spacial score (nSPS) is 13.6. The van der Waals surface area contributed by atoms with Crippen molar-refractivity contribution in [3.63, 3.8) is 0 Å². The monoisotopic (exact) mass is 371 g/mol.